The molecule has 0 unspecified atom stereocenters. The first kappa shape index (κ1) is 17.5. The number of rotatable bonds is 3. The first-order valence-corrected chi connectivity index (χ1v) is 8.35. The van der Waals surface area contributed by atoms with Gasteiger partial charge in [0.25, 0.3) is 0 Å². The van der Waals surface area contributed by atoms with Crippen LogP contribution in [-0.2, 0) is 9.59 Å². The fraction of sp³-hybridized carbons (Fsp3) is 0.875. The number of carbonyl (C=O) groups excluding carboxylic acids is 1. The van der Waals surface area contributed by atoms with Crippen molar-refractivity contribution in [3.63, 3.8) is 0 Å². The number of likely N-dealkylation sites (tertiary alicyclic amines) is 2. The Hall–Kier alpha value is -0.810. The maximum Gasteiger partial charge on any atom is 0.311 e. The Morgan fingerprint density at radius 2 is 1.77 bits per heavy atom. The van der Waals surface area contributed by atoms with E-state index in [1.165, 1.54) is 12.8 Å². The fourth-order valence-electron chi connectivity index (χ4n) is 4.47. The Kier molecular flexibility index (Phi) is 5.72. The van der Waals surface area contributed by atoms with E-state index in [0.717, 1.165) is 51.7 Å². The van der Waals surface area contributed by atoms with E-state index in [4.69, 9.17) is 0 Å². The van der Waals surface area contributed by atoms with Crippen molar-refractivity contribution < 1.29 is 14.7 Å². The average Bonchev–Trinajstić information content (AvgIpc) is 2.85. The molecule has 6 heteroatoms. The Morgan fingerprint density at radius 3 is 2.36 bits per heavy atom. The lowest BCUT2D eigenvalue weighted by Gasteiger charge is -2.25. The van der Waals surface area contributed by atoms with E-state index >= 15 is 0 Å². The minimum atomic E-state index is -0.658. The van der Waals surface area contributed by atoms with Crippen molar-refractivity contribution in [2.75, 3.05) is 32.7 Å². The van der Waals surface area contributed by atoms with E-state index in [-0.39, 0.29) is 24.2 Å². The van der Waals surface area contributed by atoms with Crippen LogP contribution in [0.3, 0.4) is 0 Å². The zero-order chi connectivity index (χ0) is 14.9. The van der Waals surface area contributed by atoms with Gasteiger partial charge < -0.3 is 10.0 Å². The van der Waals surface area contributed by atoms with Crippen molar-refractivity contribution in [3.05, 3.63) is 0 Å². The summed E-state index contributed by atoms with van der Waals surface area (Å²) in [5, 5.41) is 9.59. The molecule has 1 aliphatic carbocycles. The van der Waals surface area contributed by atoms with Crippen molar-refractivity contribution in [1.29, 1.82) is 0 Å². The minimum absolute atomic E-state index is 0. The highest BCUT2D eigenvalue weighted by atomic mass is 35.5. The summed E-state index contributed by atoms with van der Waals surface area (Å²) >= 11 is 0. The van der Waals surface area contributed by atoms with Gasteiger partial charge in [-0.15, -0.1) is 12.4 Å². The molecule has 22 heavy (non-hydrogen) atoms. The second kappa shape index (κ2) is 7.18. The first-order valence-electron chi connectivity index (χ1n) is 8.35. The molecular formula is C16H27ClN2O3. The van der Waals surface area contributed by atoms with Crippen molar-refractivity contribution >= 4 is 24.3 Å². The summed E-state index contributed by atoms with van der Waals surface area (Å²) in [6.07, 6.45) is 7.45. The smallest absolute Gasteiger partial charge is 0.311 e. The molecule has 2 aliphatic heterocycles. The highest BCUT2D eigenvalue weighted by molar-refractivity contribution is 5.85. The molecule has 0 spiro atoms. The molecule has 2 heterocycles. The third kappa shape index (κ3) is 3.25. The topological polar surface area (TPSA) is 60.9 Å². The molecule has 0 radical (unpaired) electrons. The summed E-state index contributed by atoms with van der Waals surface area (Å²) in [5.41, 5.74) is -0.570. The van der Waals surface area contributed by atoms with Gasteiger partial charge >= 0.3 is 5.97 Å². The van der Waals surface area contributed by atoms with Crippen LogP contribution in [0.25, 0.3) is 0 Å². The maximum atomic E-state index is 12.4. The molecule has 1 N–H and O–H groups in total. The number of hydrogen-bond acceptors (Lipinski definition) is 3. The molecule has 3 aliphatic rings. The van der Waals surface area contributed by atoms with Crippen LogP contribution in [0.2, 0.25) is 0 Å². The van der Waals surface area contributed by atoms with Crippen LogP contribution < -0.4 is 0 Å². The van der Waals surface area contributed by atoms with Gasteiger partial charge in [0.1, 0.15) is 0 Å². The van der Waals surface area contributed by atoms with E-state index in [2.05, 4.69) is 4.90 Å². The van der Waals surface area contributed by atoms with E-state index in [1.807, 2.05) is 4.90 Å². The van der Waals surface area contributed by atoms with Gasteiger partial charge in [0, 0.05) is 26.2 Å². The van der Waals surface area contributed by atoms with E-state index in [0.29, 0.717) is 13.1 Å². The number of aliphatic carboxylic acids is 1. The molecule has 5 nitrogen and oxygen atoms in total. The second-order valence-corrected chi connectivity index (χ2v) is 7.02. The molecule has 2 atom stereocenters. The SMILES string of the molecule is Cl.O=C(CN1C[C@@H]2CCC[C@@]2(C(=O)O)C1)N1CCCCCC1. The molecule has 3 rings (SSSR count). The van der Waals surface area contributed by atoms with Gasteiger partial charge in [0.15, 0.2) is 0 Å². The molecule has 3 fully saturated rings. The standard InChI is InChI=1S/C16H26N2O3.ClH/c19-14(18-8-3-1-2-4-9-18)11-17-10-13-6-5-7-16(13,12-17)15(20)21;/h13H,1-12H2,(H,20,21);1H/t13-,16+;/m0./s1. The van der Waals surface area contributed by atoms with Crippen LogP contribution in [0, 0.1) is 11.3 Å². The van der Waals surface area contributed by atoms with Crippen LogP contribution >= 0.6 is 12.4 Å². The highest BCUT2D eigenvalue weighted by Gasteiger charge is 2.54. The van der Waals surface area contributed by atoms with Crippen molar-refractivity contribution in [2.24, 2.45) is 11.3 Å². The highest BCUT2D eigenvalue weighted by Crippen LogP contribution is 2.48. The number of amides is 1. The molecule has 0 bridgehead atoms. The predicted molar refractivity (Wildman–Crippen MR) is 86.1 cm³/mol. The van der Waals surface area contributed by atoms with Gasteiger partial charge in [-0.05, 0) is 31.6 Å². The zero-order valence-corrected chi connectivity index (χ0v) is 13.9. The number of carboxylic acid groups (broad SMARTS) is 1. The van der Waals surface area contributed by atoms with Crippen LogP contribution in [0.4, 0.5) is 0 Å². The van der Waals surface area contributed by atoms with E-state index < -0.39 is 11.4 Å². The number of nitrogens with zero attached hydrogens (tertiary/aromatic N) is 2. The number of hydrogen-bond donors (Lipinski definition) is 1. The quantitative estimate of drug-likeness (QED) is 0.859. The van der Waals surface area contributed by atoms with Gasteiger partial charge in [0.2, 0.25) is 5.91 Å². The number of fused-ring (bicyclic) bond motifs is 1. The molecule has 0 aromatic heterocycles. The Morgan fingerprint density at radius 1 is 1.09 bits per heavy atom. The van der Waals surface area contributed by atoms with Crippen molar-refractivity contribution in [1.82, 2.24) is 9.80 Å². The van der Waals surface area contributed by atoms with Gasteiger partial charge in [0.05, 0.1) is 12.0 Å². The van der Waals surface area contributed by atoms with E-state index in [1.54, 1.807) is 0 Å². The van der Waals surface area contributed by atoms with Gasteiger partial charge in [-0.3, -0.25) is 14.5 Å². The van der Waals surface area contributed by atoms with Gasteiger partial charge in [-0.2, -0.15) is 0 Å². The molecule has 0 aromatic rings. The lowest BCUT2D eigenvalue weighted by Crippen LogP contribution is -2.41. The summed E-state index contributed by atoms with van der Waals surface area (Å²) < 4.78 is 0. The fourth-order valence-corrected chi connectivity index (χ4v) is 4.47. The number of carboxylic acids is 1. The average molecular weight is 331 g/mol. The largest absolute Gasteiger partial charge is 0.481 e. The van der Waals surface area contributed by atoms with Crippen LogP contribution in [-0.4, -0.2) is 59.5 Å². The van der Waals surface area contributed by atoms with Crippen LogP contribution in [0.15, 0.2) is 0 Å². The van der Waals surface area contributed by atoms with Crippen molar-refractivity contribution in [2.45, 2.75) is 44.9 Å². The summed E-state index contributed by atoms with van der Waals surface area (Å²) in [4.78, 5) is 28.2. The predicted octanol–water partition coefficient (Wildman–Crippen LogP) is 2.00. The summed E-state index contributed by atoms with van der Waals surface area (Å²) in [6, 6.07) is 0. The summed E-state index contributed by atoms with van der Waals surface area (Å²) in [7, 11) is 0. The first-order chi connectivity index (χ1) is 10.1. The monoisotopic (exact) mass is 330 g/mol. The minimum Gasteiger partial charge on any atom is -0.481 e. The number of halogens is 1. The zero-order valence-electron chi connectivity index (χ0n) is 13.1. The molecular weight excluding hydrogens is 304 g/mol. The van der Waals surface area contributed by atoms with Gasteiger partial charge in [-0.25, -0.2) is 0 Å². The third-order valence-corrected chi connectivity index (χ3v) is 5.68. The Labute approximate surface area is 138 Å². The van der Waals surface area contributed by atoms with Gasteiger partial charge in [-0.1, -0.05) is 19.3 Å². The van der Waals surface area contributed by atoms with Crippen molar-refractivity contribution in [3.8, 4) is 0 Å². The lowest BCUT2D eigenvalue weighted by atomic mass is 9.81. The van der Waals surface area contributed by atoms with E-state index in [9.17, 15) is 14.7 Å². The van der Waals surface area contributed by atoms with Crippen LogP contribution in [0.1, 0.15) is 44.9 Å². The molecule has 1 amide bonds. The summed E-state index contributed by atoms with van der Waals surface area (Å²) in [6.45, 7) is 3.50. The molecule has 2 saturated heterocycles. The molecule has 126 valence electrons. The normalized spacial score (nSPS) is 32.2. The maximum absolute atomic E-state index is 12.4. The second-order valence-electron chi connectivity index (χ2n) is 7.02. The molecule has 0 aromatic carbocycles. The third-order valence-electron chi connectivity index (χ3n) is 5.68. The Bertz CT molecular complexity index is 424. The summed E-state index contributed by atoms with van der Waals surface area (Å²) in [5.74, 6) is -0.223. The molecule has 1 saturated carbocycles. The number of carbonyl (C=O) groups is 2. The Balaban J connectivity index is 0.00000176. The lowest BCUT2D eigenvalue weighted by molar-refractivity contribution is -0.149. The van der Waals surface area contributed by atoms with Crippen LogP contribution in [0.5, 0.6) is 0 Å².